The standard InChI is InChI=1S/C23H33N3OSSi/c1-17-22(28-16-25-17)18-8-9-19(15-24)21(14-18)26(20-10-11-20)12-7-13-27-29(5,6)23(2,3)4/h8-9,14,16,20H,7,10-13H2,1-6H3. The van der Waals surface area contributed by atoms with Crippen LogP contribution in [0.15, 0.2) is 23.7 Å². The van der Waals surface area contributed by atoms with Crippen LogP contribution in [0.3, 0.4) is 0 Å². The van der Waals surface area contributed by atoms with Crippen molar-refractivity contribution in [2.75, 3.05) is 18.1 Å². The number of aryl methyl sites for hydroxylation is 1. The van der Waals surface area contributed by atoms with E-state index in [0.717, 1.165) is 42.1 Å². The molecule has 0 aliphatic heterocycles. The van der Waals surface area contributed by atoms with E-state index in [1.807, 2.05) is 24.6 Å². The molecule has 6 heteroatoms. The number of hydrogen-bond donors (Lipinski definition) is 0. The van der Waals surface area contributed by atoms with Gasteiger partial charge in [0, 0.05) is 19.2 Å². The predicted molar refractivity (Wildman–Crippen MR) is 125 cm³/mol. The monoisotopic (exact) mass is 427 g/mol. The first-order valence-corrected chi connectivity index (χ1v) is 14.3. The van der Waals surface area contributed by atoms with Gasteiger partial charge in [0.1, 0.15) is 6.07 Å². The fourth-order valence-electron chi connectivity index (χ4n) is 3.25. The number of anilines is 1. The highest BCUT2D eigenvalue weighted by molar-refractivity contribution is 7.13. The van der Waals surface area contributed by atoms with Gasteiger partial charge < -0.3 is 9.33 Å². The lowest BCUT2D eigenvalue weighted by Crippen LogP contribution is -2.41. The minimum absolute atomic E-state index is 0.234. The summed E-state index contributed by atoms with van der Waals surface area (Å²) >= 11 is 1.66. The van der Waals surface area contributed by atoms with Crippen LogP contribution in [0.25, 0.3) is 10.4 Å². The summed E-state index contributed by atoms with van der Waals surface area (Å²) in [5.41, 5.74) is 5.91. The van der Waals surface area contributed by atoms with Crippen molar-refractivity contribution in [3.8, 4) is 16.5 Å². The quantitative estimate of drug-likeness (QED) is 0.363. The smallest absolute Gasteiger partial charge is 0.191 e. The molecule has 156 valence electrons. The third-order valence-electron chi connectivity index (χ3n) is 6.24. The molecule has 1 aliphatic rings. The molecule has 1 aromatic carbocycles. The Morgan fingerprint density at radius 3 is 2.59 bits per heavy atom. The molecule has 3 rings (SSSR count). The van der Waals surface area contributed by atoms with Crippen molar-refractivity contribution in [3.05, 3.63) is 35.0 Å². The first-order chi connectivity index (χ1) is 13.6. The average molecular weight is 428 g/mol. The summed E-state index contributed by atoms with van der Waals surface area (Å²) < 4.78 is 6.38. The lowest BCUT2D eigenvalue weighted by Gasteiger charge is -2.36. The summed E-state index contributed by atoms with van der Waals surface area (Å²) in [5.74, 6) is 0. The van der Waals surface area contributed by atoms with Crippen LogP contribution in [0.4, 0.5) is 5.69 Å². The molecule has 0 spiro atoms. The average Bonchev–Trinajstić information content (AvgIpc) is 3.40. The maximum Gasteiger partial charge on any atom is 0.191 e. The van der Waals surface area contributed by atoms with E-state index in [2.05, 4.69) is 55.9 Å². The van der Waals surface area contributed by atoms with Crippen LogP contribution in [0.2, 0.25) is 18.1 Å². The van der Waals surface area contributed by atoms with Crippen LogP contribution in [-0.4, -0.2) is 32.5 Å². The molecule has 0 bridgehead atoms. The fourth-order valence-corrected chi connectivity index (χ4v) is 5.14. The zero-order valence-electron chi connectivity index (χ0n) is 18.6. The Labute approximate surface area is 180 Å². The Bertz CT molecular complexity index is 890. The van der Waals surface area contributed by atoms with E-state index in [-0.39, 0.29) is 5.04 Å². The second-order valence-electron chi connectivity index (χ2n) is 9.50. The topological polar surface area (TPSA) is 49.2 Å². The summed E-state index contributed by atoms with van der Waals surface area (Å²) in [6, 6.07) is 9.15. The minimum atomic E-state index is -1.71. The SMILES string of the molecule is Cc1ncsc1-c1ccc(C#N)c(N(CCCO[Si](C)(C)C(C)(C)C)C2CC2)c1. The van der Waals surface area contributed by atoms with Gasteiger partial charge in [-0.3, -0.25) is 0 Å². The molecule has 0 radical (unpaired) electrons. The van der Waals surface area contributed by atoms with Crippen molar-refractivity contribution in [3.63, 3.8) is 0 Å². The lowest BCUT2D eigenvalue weighted by molar-refractivity contribution is 0.283. The van der Waals surface area contributed by atoms with Gasteiger partial charge in [0.15, 0.2) is 8.32 Å². The highest BCUT2D eigenvalue weighted by atomic mass is 32.1. The Kier molecular flexibility index (Phi) is 6.52. The molecule has 0 amide bonds. The van der Waals surface area contributed by atoms with Crippen LogP contribution < -0.4 is 4.90 Å². The van der Waals surface area contributed by atoms with Crippen LogP contribution in [-0.2, 0) is 4.43 Å². The summed E-state index contributed by atoms with van der Waals surface area (Å²) in [5, 5.41) is 9.94. The van der Waals surface area contributed by atoms with Crippen molar-refractivity contribution < 1.29 is 4.43 Å². The maximum atomic E-state index is 9.71. The van der Waals surface area contributed by atoms with Crippen molar-refractivity contribution >= 4 is 25.3 Å². The van der Waals surface area contributed by atoms with Crippen molar-refractivity contribution in [1.82, 2.24) is 4.98 Å². The molecule has 1 aromatic heterocycles. The van der Waals surface area contributed by atoms with Crippen LogP contribution in [0.5, 0.6) is 0 Å². The van der Waals surface area contributed by atoms with Gasteiger partial charge in [-0.2, -0.15) is 5.26 Å². The van der Waals surface area contributed by atoms with Gasteiger partial charge >= 0.3 is 0 Å². The second-order valence-corrected chi connectivity index (χ2v) is 15.2. The molecule has 0 saturated heterocycles. The van der Waals surface area contributed by atoms with E-state index in [1.165, 1.54) is 17.7 Å². The van der Waals surface area contributed by atoms with E-state index in [9.17, 15) is 5.26 Å². The van der Waals surface area contributed by atoms with Gasteiger partial charge in [0.05, 0.1) is 27.3 Å². The normalized spacial score (nSPS) is 14.7. The van der Waals surface area contributed by atoms with E-state index in [4.69, 9.17) is 4.43 Å². The highest BCUT2D eigenvalue weighted by Crippen LogP contribution is 2.38. The number of thiazole rings is 1. The molecule has 4 nitrogen and oxygen atoms in total. The van der Waals surface area contributed by atoms with Crippen molar-refractivity contribution in [2.45, 2.75) is 71.1 Å². The number of benzene rings is 1. The van der Waals surface area contributed by atoms with Gasteiger partial charge in [0.2, 0.25) is 0 Å². The number of nitriles is 1. The fraction of sp³-hybridized carbons (Fsp3) is 0.565. The zero-order chi connectivity index (χ0) is 21.2. The summed E-state index contributed by atoms with van der Waals surface area (Å²) in [4.78, 5) is 8.01. The molecule has 29 heavy (non-hydrogen) atoms. The highest BCUT2D eigenvalue weighted by Gasteiger charge is 2.37. The number of nitrogens with zero attached hydrogens (tertiary/aromatic N) is 3. The van der Waals surface area contributed by atoms with Crippen molar-refractivity contribution in [2.24, 2.45) is 0 Å². The molecular formula is C23H33N3OSSi. The van der Waals surface area contributed by atoms with E-state index >= 15 is 0 Å². The first-order valence-electron chi connectivity index (χ1n) is 10.5. The Balaban J connectivity index is 1.76. The van der Waals surface area contributed by atoms with Crippen LogP contribution in [0, 0.1) is 18.3 Å². The third-order valence-corrected chi connectivity index (χ3v) is 11.8. The Hall–Kier alpha value is -1.68. The third kappa shape index (κ3) is 5.09. The first kappa shape index (κ1) is 22.0. The van der Waals surface area contributed by atoms with Crippen molar-refractivity contribution in [1.29, 1.82) is 5.26 Å². The molecule has 0 atom stereocenters. The van der Waals surface area contributed by atoms with Crippen LogP contribution >= 0.6 is 11.3 Å². The van der Waals surface area contributed by atoms with Gasteiger partial charge in [0.25, 0.3) is 0 Å². The zero-order valence-corrected chi connectivity index (χ0v) is 20.4. The minimum Gasteiger partial charge on any atom is -0.417 e. The van der Waals surface area contributed by atoms with E-state index in [1.54, 1.807) is 11.3 Å². The molecular weight excluding hydrogens is 394 g/mol. The van der Waals surface area contributed by atoms with Gasteiger partial charge in [-0.1, -0.05) is 26.8 Å². The second kappa shape index (κ2) is 8.59. The number of hydrogen-bond acceptors (Lipinski definition) is 5. The van der Waals surface area contributed by atoms with E-state index < -0.39 is 8.32 Å². The largest absolute Gasteiger partial charge is 0.417 e. The number of rotatable bonds is 8. The molecule has 1 aliphatic carbocycles. The molecule has 0 N–H and O–H groups in total. The maximum absolute atomic E-state index is 9.71. The van der Waals surface area contributed by atoms with E-state index in [0.29, 0.717) is 6.04 Å². The Morgan fingerprint density at radius 1 is 1.31 bits per heavy atom. The van der Waals surface area contributed by atoms with Gasteiger partial charge in [-0.25, -0.2) is 4.98 Å². The molecule has 1 saturated carbocycles. The molecule has 1 heterocycles. The molecule has 1 fully saturated rings. The number of aromatic nitrogens is 1. The summed E-state index contributed by atoms with van der Waals surface area (Å²) in [7, 11) is -1.71. The van der Waals surface area contributed by atoms with Crippen LogP contribution in [0.1, 0.15) is 51.3 Å². The van der Waals surface area contributed by atoms with Gasteiger partial charge in [-0.05, 0) is 62.0 Å². The molecule has 0 unspecified atom stereocenters. The summed E-state index contributed by atoms with van der Waals surface area (Å²) in [6.45, 7) is 15.2. The Morgan fingerprint density at radius 2 is 2.03 bits per heavy atom. The van der Waals surface area contributed by atoms with Gasteiger partial charge in [-0.15, -0.1) is 11.3 Å². The summed E-state index contributed by atoms with van der Waals surface area (Å²) in [6.07, 6.45) is 3.40. The predicted octanol–water partition coefficient (Wildman–Crippen LogP) is 6.37. The molecule has 2 aromatic rings. The lowest BCUT2D eigenvalue weighted by atomic mass is 10.1.